The highest BCUT2D eigenvalue weighted by Crippen LogP contribution is 2.20. The molecule has 0 atom stereocenters. The summed E-state index contributed by atoms with van der Waals surface area (Å²) in [5.74, 6) is -3.11. The van der Waals surface area contributed by atoms with Crippen LogP contribution in [0.4, 0.5) is 18.9 Å². The number of carbonyl (C=O) groups excluding carboxylic acids is 1. The van der Waals surface area contributed by atoms with Gasteiger partial charge in [-0.15, -0.1) is 0 Å². The molecule has 0 spiro atoms. The molecule has 2 aromatic rings. The van der Waals surface area contributed by atoms with Crippen LogP contribution in [0.1, 0.15) is 21.5 Å². The maximum atomic E-state index is 13.6. The second-order valence-corrected chi connectivity index (χ2v) is 4.15. The Morgan fingerprint density at radius 2 is 1.68 bits per heavy atom. The zero-order chi connectivity index (χ0) is 14.2. The fourth-order valence-corrected chi connectivity index (χ4v) is 1.64. The summed E-state index contributed by atoms with van der Waals surface area (Å²) < 4.78 is 40.3. The van der Waals surface area contributed by atoms with Crippen LogP contribution in [-0.4, -0.2) is 5.78 Å². The lowest BCUT2D eigenvalue weighted by molar-refractivity contribution is 0.103. The van der Waals surface area contributed by atoms with Crippen LogP contribution in [0.15, 0.2) is 30.3 Å². The number of hydrogen-bond acceptors (Lipinski definition) is 2. The predicted molar refractivity (Wildman–Crippen MR) is 65.3 cm³/mol. The maximum absolute atomic E-state index is 13.6. The first kappa shape index (κ1) is 13.1. The number of nitrogens with two attached hydrogens (primary N) is 1. The van der Waals surface area contributed by atoms with Crippen molar-refractivity contribution in [3.05, 3.63) is 64.5 Å². The molecule has 0 fully saturated rings. The van der Waals surface area contributed by atoms with E-state index in [9.17, 15) is 18.0 Å². The molecule has 2 rings (SSSR count). The van der Waals surface area contributed by atoms with E-state index in [2.05, 4.69) is 0 Å². The molecule has 0 bridgehead atoms. The number of nitrogen functional groups attached to an aromatic ring is 1. The van der Waals surface area contributed by atoms with Gasteiger partial charge in [-0.25, -0.2) is 13.2 Å². The van der Waals surface area contributed by atoms with Crippen LogP contribution >= 0.6 is 0 Å². The van der Waals surface area contributed by atoms with Crippen LogP contribution in [-0.2, 0) is 0 Å². The highest BCUT2D eigenvalue weighted by atomic mass is 19.1. The Balaban J connectivity index is 2.49. The third-order valence-electron chi connectivity index (χ3n) is 2.76. The fraction of sp³-hybridized carbons (Fsp3) is 0.0714. The Morgan fingerprint density at radius 1 is 1.00 bits per heavy atom. The van der Waals surface area contributed by atoms with E-state index in [1.54, 1.807) is 0 Å². The lowest BCUT2D eigenvalue weighted by Crippen LogP contribution is -2.07. The summed E-state index contributed by atoms with van der Waals surface area (Å²) in [4.78, 5) is 12.0. The van der Waals surface area contributed by atoms with Crippen LogP contribution in [0.25, 0.3) is 0 Å². The molecule has 0 aromatic heterocycles. The number of halogens is 3. The average molecular weight is 265 g/mol. The van der Waals surface area contributed by atoms with Gasteiger partial charge in [0.05, 0.1) is 11.3 Å². The van der Waals surface area contributed by atoms with Crippen LogP contribution in [0.3, 0.4) is 0 Å². The number of ketones is 1. The van der Waals surface area contributed by atoms with E-state index in [-0.39, 0.29) is 16.8 Å². The summed E-state index contributed by atoms with van der Waals surface area (Å²) >= 11 is 0. The highest BCUT2D eigenvalue weighted by molar-refractivity contribution is 6.09. The lowest BCUT2D eigenvalue weighted by atomic mass is 10.0. The van der Waals surface area contributed by atoms with Gasteiger partial charge in [-0.1, -0.05) is 0 Å². The molecule has 0 aliphatic carbocycles. The molecular formula is C14H10F3NO. The van der Waals surface area contributed by atoms with Crippen molar-refractivity contribution in [2.24, 2.45) is 0 Å². The summed E-state index contributed by atoms with van der Waals surface area (Å²) in [5.41, 5.74) is 4.73. The SMILES string of the molecule is Cc1cc(F)c(C(=O)c2ccc(N)c(F)c2)cc1F. The first-order valence-corrected chi connectivity index (χ1v) is 5.45. The van der Waals surface area contributed by atoms with Gasteiger partial charge >= 0.3 is 0 Å². The molecule has 0 saturated carbocycles. The minimum absolute atomic E-state index is 0.0890. The summed E-state index contributed by atoms with van der Waals surface area (Å²) in [6.07, 6.45) is 0. The minimum atomic E-state index is -0.846. The molecule has 0 unspecified atom stereocenters. The Morgan fingerprint density at radius 3 is 2.32 bits per heavy atom. The smallest absolute Gasteiger partial charge is 0.196 e. The van der Waals surface area contributed by atoms with Crippen molar-refractivity contribution in [2.45, 2.75) is 6.92 Å². The Labute approximate surface area is 107 Å². The molecule has 2 N–H and O–H groups in total. The first-order valence-electron chi connectivity index (χ1n) is 5.45. The molecule has 5 heteroatoms. The van der Waals surface area contributed by atoms with E-state index in [1.165, 1.54) is 19.1 Å². The minimum Gasteiger partial charge on any atom is -0.396 e. The number of rotatable bonds is 2. The van der Waals surface area contributed by atoms with Gasteiger partial charge < -0.3 is 5.73 Å². The number of hydrogen-bond donors (Lipinski definition) is 1. The molecule has 19 heavy (non-hydrogen) atoms. The van der Waals surface area contributed by atoms with Gasteiger partial charge in [-0.2, -0.15) is 0 Å². The van der Waals surface area contributed by atoms with Crippen molar-refractivity contribution in [1.82, 2.24) is 0 Å². The number of carbonyl (C=O) groups is 1. The van der Waals surface area contributed by atoms with E-state index >= 15 is 0 Å². The van der Waals surface area contributed by atoms with Crippen molar-refractivity contribution >= 4 is 11.5 Å². The Kier molecular flexibility index (Phi) is 3.29. The van der Waals surface area contributed by atoms with Crippen LogP contribution < -0.4 is 5.73 Å². The Bertz CT molecular complexity index is 668. The molecule has 2 nitrogen and oxygen atoms in total. The molecule has 98 valence electrons. The van der Waals surface area contributed by atoms with Gasteiger partial charge in [0.1, 0.15) is 17.5 Å². The summed E-state index contributed by atoms with van der Waals surface area (Å²) in [5, 5.41) is 0. The summed E-state index contributed by atoms with van der Waals surface area (Å²) in [6, 6.07) is 5.09. The van der Waals surface area contributed by atoms with Gasteiger partial charge in [0.25, 0.3) is 0 Å². The van der Waals surface area contributed by atoms with E-state index < -0.39 is 28.8 Å². The van der Waals surface area contributed by atoms with E-state index in [0.717, 1.165) is 18.2 Å². The quantitative estimate of drug-likeness (QED) is 0.669. The third-order valence-corrected chi connectivity index (χ3v) is 2.76. The van der Waals surface area contributed by atoms with E-state index in [0.29, 0.717) is 0 Å². The normalized spacial score (nSPS) is 10.5. The number of aryl methyl sites for hydroxylation is 1. The average Bonchev–Trinajstić information content (AvgIpc) is 2.36. The van der Waals surface area contributed by atoms with Crippen LogP contribution in [0, 0.1) is 24.4 Å². The second kappa shape index (κ2) is 4.76. The molecular weight excluding hydrogens is 255 g/mol. The second-order valence-electron chi connectivity index (χ2n) is 4.15. The first-order chi connectivity index (χ1) is 8.90. The highest BCUT2D eigenvalue weighted by Gasteiger charge is 2.17. The van der Waals surface area contributed by atoms with Gasteiger partial charge in [-0.3, -0.25) is 4.79 Å². The molecule has 2 aromatic carbocycles. The zero-order valence-corrected chi connectivity index (χ0v) is 10.0. The van der Waals surface area contributed by atoms with Gasteiger partial charge in [0.2, 0.25) is 0 Å². The molecule has 0 amide bonds. The zero-order valence-electron chi connectivity index (χ0n) is 10.0. The predicted octanol–water partition coefficient (Wildman–Crippen LogP) is 3.23. The largest absolute Gasteiger partial charge is 0.396 e. The van der Waals surface area contributed by atoms with Gasteiger partial charge in [0, 0.05) is 5.56 Å². The van der Waals surface area contributed by atoms with Gasteiger partial charge in [-0.05, 0) is 42.8 Å². The van der Waals surface area contributed by atoms with Crippen LogP contribution in [0.2, 0.25) is 0 Å². The molecule has 0 radical (unpaired) electrons. The lowest BCUT2D eigenvalue weighted by Gasteiger charge is -2.06. The summed E-state index contributed by atoms with van der Waals surface area (Å²) in [6.45, 7) is 1.38. The van der Waals surface area contributed by atoms with Crippen molar-refractivity contribution in [3.8, 4) is 0 Å². The number of anilines is 1. The van der Waals surface area contributed by atoms with Crippen molar-refractivity contribution in [3.63, 3.8) is 0 Å². The molecule has 0 saturated heterocycles. The maximum Gasteiger partial charge on any atom is 0.196 e. The van der Waals surface area contributed by atoms with Crippen molar-refractivity contribution in [2.75, 3.05) is 5.73 Å². The monoisotopic (exact) mass is 265 g/mol. The topological polar surface area (TPSA) is 43.1 Å². The summed E-state index contributed by atoms with van der Waals surface area (Å²) in [7, 11) is 0. The molecule has 0 aliphatic heterocycles. The van der Waals surface area contributed by atoms with Gasteiger partial charge in [0.15, 0.2) is 5.78 Å². The van der Waals surface area contributed by atoms with E-state index in [1.807, 2.05) is 0 Å². The Hall–Kier alpha value is -2.30. The third kappa shape index (κ3) is 2.45. The molecule has 0 heterocycles. The van der Waals surface area contributed by atoms with Crippen LogP contribution in [0.5, 0.6) is 0 Å². The van der Waals surface area contributed by atoms with Crippen molar-refractivity contribution in [1.29, 1.82) is 0 Å². The molecule has 0 aliphatic rings. The fourth-order valence-electron chi connectivity index (χ4n) is 1.64. The standard InChI is InChI=1S/C14H10F3NO/c1-7-4-11(16)9(6-10(7)15)14(19)8-2-3-13(18)12(17)5-8/h2-6H,18H2,1H3. The van der Waals surface area contributed by atoms with Crippen molar-refractivity contribution < 1.29 is 18.0 Å². The number of benzene rings is 2. The van der Waals surface area contributed by atoms with E-state index in [4.69, 9.17) is 5.73 Å².